The van der Waals surface area contributed by atoms with Crippen molar-refractivity contribution in [3.63, 3.8) is 0 Å². The van der Waals surface area contributed by atoms with E-state index in [1.54, 1.807) is 12.1 Å². The molecule has 0 fully saturated rings. The van der Waals surface area contributed by atoms with E-state index in [1.165, 1.54) is 5.56 Å². The van der Waals surface area contributed by atoms with Crippen LogP contribution in [0.25, 0.3) is 0 Å². The van der Waals surface area contributed by atoms with E-state index >= 15 is 0 Å². The number of anilines is 1. The third kappa shape index (κ3) is 6.01. The van der Waals surface area contributed by atoms with E-state index in [0.717, 1.165) is 30.8 Å². The van der Waals surface area contributed by atoms with Gasteiger partial charge in [-0.3, -0.25) is 14.5 Å². The molecule has 26 heavy (non-hydrogen) atoms. The number of amides is 2. The lowest BCUT2D eigenvalue weighted by Gasteiger charge is -2.18. The minimum absolute atomic E-state index is 0.325. The first-order valence-corrected chi connectivity index (χ1v) is 8.97. The standard InChI is InChI=1S/C21H27N3O2/c1-4-24(5-2)15-18-10-8-17(9-11-18)14-22-20(25)21(26)23-19-12-6-16(3)7-13-19/h6-13H,4-5,14-15H2,1-3H3,(H,22,25)(H,23,26). The number of nitrogens with zero attached hydrogens (tertiary/aromatic N) is 1. The average Bonchev–Trinajstić information content (AvgIpc) is 2.66. The zero-order chi connectivity index (χ0) is 18.9. The summed E-state index contributed by atoms with van der Waals surface area (Å²) in [6, 6.07) is 15.4. The van der Waals surface area contributed by atoms with Crippen molar-refractivity contribution in [1.29, 1.82) is 0 Å². The molecule has 0 saturated carbocycles. The van der Waals surface area contributed by atoms with Crippen LogP contribution in [0.2, 0.25) is 0 Å². The van der Waals surface area contributed by atoms with Gasteiger partial charge in [-0.1, -0.05) is 55.8 Å². The van der Waals surface area contributed by atoms with Gasteiger partial charge >= 0.3 is 11.8 Å². The van der Waals surface area contributed by atoms with E-state index in [4.69, 9.17) is 0 Å². The Morgan fingerprint density at radius 1 is 0.846 bits per heavy atom. The molecule has 2 amide bonds. The number of carbonyl (C=O) groups excluding carboxylic acids is 2. The van der Waals surface area contributed by atoms with Crippen LogP contribution < -0.4 is 10.6 Å². The van der Waals surface area contributed by atoms with Gasteiger partial charge in [-0.25, -0.2) is 0 Å². The third-order valence-corrected chi connectivity index (χ3v) is 4.29. The van der Waals surface area contributed by atoms with E-state index in [-0.39, 0.29) is 0 Å². The summed E-state index contributed by atoms with van der Waals surface area (Å²) < 4.78 is 0. The van der Waals surface area contributed by atoms with Crippen LogP contribution in [0.15, 0.2) is 48.5 Å². The highest BCUT2D eigenvalue weighted by Crippen LogP contribution is 2.09. The van der Waals surface area contributed by atoms with Crippen molar-refractivity contribution in [3.8, 4) is 0 Å². The summed E-state index contributed by atoms with van der Waals surface area (Å²) >= 11 is 0. The summed E-state index contributed by atoms with van der Waals surface area (Å²) in [6.07, 6.45) is 0. The first-order valence-electron chi connectivity index (χ1n) is 8.97. The predicted molar refractivity (Wildman–Crippen MR) is 105 cm³/mol. The van der Waals surface area contributed by atoms with Gasteiger partial charge in [0.25, 0.3) is 0 Å². The topological polar surface area (TPSA) is 61.4 Å². The molecule has 5 heteroatoms. The molecule has 0 unspecified atom stereocenters. The van der Waals surface area contributed by atoms with Crippen molar-refractivity contribution in [2.24, 2.45) is 0 Å². The Morgan fingerprint density at radius 3 is 2.00 bits per heavy atom. The second kappa shape index (κ2) is 9.73. The quantitative estimate of drug-likeness (QED) is 0.752. The maximum atomic E-state index is 11.9. The van der Waals surface area contributed by atoms with Crippen LogP contribution in [0, 0.1) is 6.92 Å². The highest BCUT2D eigenvalue weighted by atomic mass is 16.2. The lowest BCUT2D eigenvalue weighted by molar-refractivity contribution is -0.136. The fraction of sp³-hybridized carbons (Fsp3) is 0.333. The van der Waals surface area contributed by atoms with Gasteiger partial charge in [-0.15, -0.1) is 0 Å². The van der Waals surface area contributed by atoms with Crippen LogP contribution in [0.5, 0.6) is 0 Å². The third-order valence-electron chi connectivity index (χ3n) is 4.29. The van der Waals surface area contributed by atoms with Crippen LogP contribution >= 0.6 is 0 Å². The number of nitrogens with one attached hydrogen (secondary N) is 2. The molecule has 0 aliphatic carbocycles. The molecule has 0 radical (unpaired) electrons. The van der Waals surface area contributed by atoms with Crippen molar-refractivity contribution in [3.05, 3.63) is 65.2 Å². The van der Waals surface area contributed by atoms with Gasteiger partial charge in [0.1, 0.15) is 0 Å². The summed E-state index contributed by atoms with van der Waals surface area (Å²) in [6.45, 7) is 9.54. The molecule has 0 spiro atoms. The molecular weight excluding hydrogens is 326 g/mol. The Kier molecular flexibility index (Phi) is 7.36. The SMILES string of the molecule is CCN(CC)Cc1ccc(CNC(=O)C(=O)Nc2ccc(C)cc2)cc1. The second-order valence-corrected chi connectivity index (χ2v) is 6.28. The van der Waals surface area contributed by atoms with Crippen molar-refractivity contribution in [1.82, 2.24) is 10.2 Å². The van der Waals surface area contributed by atoms with Crippen molar-refractivity contribution in [2.45, 2.75) is 33.9 Å². The van der Waals surface area contributed by atoms with E-state index in [9.17, 15) is 9.59 Å². The fourth-order valence-electron chi connectivity index (χ4n) is 2.56. The molecule has 0 aliphatic rings. The van der Waals surface area contributed by atoms with Crippen LogP contribution in [-0.2, 0) is 22.7 Å². The van der Waals surface area contributed by atoms with Gasteiger partial charge in [-0.2, -0.15) is 0 Å². The summed E-state index contributed by atoms with van der Waals surface area (Å²) in [4.78, 5) is 26.2. The molecule has 2 rings (SSSR count). The van der Waals surface area contributed by atoms with Gasteiger partial charge in [0.2, 0.25) is 0 Å². The van der Waals surface area contributed by atoms with Gasteiger partial charge in [0.05, 0.1) is 0 Å². The first-order chi connectivity index (χ1) is 12.5. The lowest BCUT2D eigenvalue weighted by Crippen LogP contribution is -2.34. The Bertz CT molecular complexity index is 720. The summed E-state index contributed by atoms with van der Waals surface area (Å²) in [5.74, 6) is -1.30. The second-order valence-electron chi connectivity index (χ2n) is 6.28. The normalized spacial score (nSPS) is 10.6. The maximum Gasteiger partial charge on any atom is 0.313 e. The van der Waals surface area contributed by atoms with Crippen LogP contribution in [0.3, 0.4) is 0 Å². The molecule has 5 nitrogen and oxygen atoms in total. The predicted octanol–water partition coefficient (Wildman–Crippen LogP) is 3.09. The first kappa shape index (κ1) is 19.7. The van der Waals surface area contributed by atoms with Gasteiger partial charge < -0.3 is 10.6 Å². The van der Waals surface area contributed by atoms with E-state index in [2.05, 4.69) is 41.5 Å². The summed E-state index contributed by atoms with van der Waals surface area (Å²) in [5.41, 5.74) is 3.90. The zero-order valence-corrected chi connectivity index (χ0v) is 15.7. The minimum Gasteiger partial charge on any atom is -0.344 e. The maximum absolute atomic E-state index is 11.9. The van der Waals surface area contributed by atoms with E-state index < -0.39 is 11.8 Å². The highest BCUT2D eigenvalue weighted by Gasteiger charge is 2.13. The molecule has 2 aromatic rings. The number of hydrogen-bond donors (Lipinski definition) is 2. The summed E-state index contributed by atoms with van der Waals surface area (Å²) in [5, 5.41) is 5.24. The van der Waals surface area contributed by atoms with Crippen molar-refractivity contribution >= 4 is 17.5 Å². The number of carbonyl (C=O) groups is 2. The Hall–Kier alpha value is -2.66. The van der Waals surface area contributed by atoms with E-state index in [1.807, 2.05) is 31.2 Å². The molecule has 0 heterocycles. The minimum atomic E-state index is -0.660. The molecule has 0 aromatic heterocycles. The number of hydrogen-bond acceptors (Lipinski definition) is 3. The van der Waals surface area contributed by atoms with Gasteiger partial charge in [-0.05, 0) is 43.3 Å². The molecule has 2 N–H and O–H groups in total. The zero-order valence-electron chi connectivity index (χ0n) is 15.7. The van der Waals surface area contributed by atoms with Crippen LogP contribution in [0.4, 0.5) is 5.69 Å². The molecule has 2 aromatic carbocycles. The lowest BCUT2D eigenvalue weighted by atomic mass is 10.1. The van der Waals surface area contributed by atoms with Crippen molar-refractivity contribution in [2.75, 3.05) is 18.4 Å². The Morgan fingerprint density at radius 2 is 1.42 bits per heavy atom. The highest BCUT2D eigenvalue weighted by molar-refractivity contribution is 6.39. The molecular formula is C21H27N3O2. The molecule has 0 atom stereocenters. The smallest absolute Gasteiger partial charge is 0.313 e. The largest absolute Gasteiger partial charge is 0.344 e. The number of rotatable bonds is 7. The monoisotopic (exact) mass is 353 g/mol. The Labute approximate surface area is 155 Å². The molecule has 0 saturated heterocycles. The number of aryl methyl sites for hydroxylation is 1. The Balaban J connectivity index is 1.82. The fourth-order valence-corrected chi connectivity index (χ4v) is 2.56. The van der Waals surface area contributed by atoms with E-state index in [0.29, 0.717) is 12.2 Å². The van der Waals surface area contributed by atoms with Crippen LogP contribution in [-0.4, -0.2) is 29.8 Å². The summed E-state index contributed by atoms with van der Waals surface area (Å²) in [7, 11) is 0. The molecule has 138 valence electrons. The van der Waals surface area contributed by atoms with Crippen molar-refractivity contribution < 1.29 is 9.59 Å². The van der Waals surface area contributed by atoms with Crippen LogP contribution in [0.1, 0.15) is 30.5 Å². The molecule has 0 aliphatic heterocycles. The number of benzene rings is 2. The van der Waals surface area contributed by atoms with Gasteiger partial charge in [0.15, 0.2) is 0 Å². The van der Waals surface area contributed by atoms with Gasteiger partial charge in [0, 0.05) is 18.8 Å². The molecule has 0 bridgehead atoms. The average molecular weight is 353 g/mol.